The van der Waals surface area contributed by atoms with Crippen LogP contribution < -0.4 is 5.56 Å². The Bertz CT molecular complexity index is 854. The number of rotatable bonds is 4. The van der Waals surface area contributed by atoms with Crippen molar-refractivity contribution in [2.24, 2.45) is 5.92 Å². The Morgan fingerprint density at radius 3 is 2.65 bits per heavy atom. The monoisotopic (exact) mass is 357 g/mol. The first-order valence-corrected chi connectivity index (χ1v) is 9.12. The lowest BCUT2D eigenvalue weighted by molar-refractivity contribution is -0.133. The van der Waals surface area contributed by atoms with E-state index in [1.54, 1.807) is 17.0 Å². The third kappa shape index (κ3) is 4.00. The molecule has 1 aromatic heterocycles. The van der Waals surface area contributed by atoms with E-state index in [-0.39, 0.29) is 18.0 Å². The van der Waals surface area contributed by atoms with E-state index in [1.807, 2.05) is 6.92 Å². The Morgan fingerprint density at radius 2 is 2.00 bits per heavy atom. The fourth-order valence-electron chi connectivity index (χ4n) is 3.23. The Balaban J connectivity index is 1.95. The largest absolute Gasteiger partial charge is 0.341 e. The summed E-state index contributed by atoms with van der Waals surface area (Å²) in [5.41, 5.74) is 0.845. The van der Waals surface area contributed by atoms with Crippen LogP contribution in [0, 0.1) is 11.7 Å². The number of hydrogen-bond acceptors (Lipinski definition) is 3. The third-order valence-corrected chi connectivity index (χ3v) is 4.94. The summed E-state index contributed by atoms with van der Waals surface area (Å²) in [7, 11) is 0. The van der Waals surface area contributed by atoms with Gasteiger partial charge in [-0.2, -0.15) is 0 Å². The molecule has 2 heterocycles. The number of amides is 1. The lowest BCUT2D eigenvalue weighted by atomic mass is 9.99. The number of carbonyl (C=O) groups is 1. The maximum atomic E-state index is 13.7. The van der Waals surface area contributed by atoms with E-state index in [0.29, 0.717) is 42.5 Å². The molecule has 0 saturated carbocycles. The average molecular weight is 357 g/mol. The first kappa shape index (κ1) is 18.3. The lowest BCUT2D eigenvalue weighted by Gasteiger charge is -2.30. The standard InChI is InChI=1S/C20H24FN3O2/c1-3-17-12-18(25)24(13-19(26)23-9-7-14(2)8-10-23)20(22-17)15-5-4-6-16(21)11-15/h4-6,11-12,14H,3,7-10,13H2,1-2H3. The molecular formula is C20H24FN3O2. The molecule has 1 amide bonds. The molecule has 138 valence electrons. The number of benzene rings is 1. The molecule has 1 aromatic carbocycles. The Labute approximate surface area is 152 Å². The highest BCUT2D eigenvalue weighted by Crippen LogP contribution is 2.19. The summed E-state index contributed by atoms with van der Waals surface area (Å²) in [6.45, 7) is 5.44. The van der Waals surface area contributed by atoms with Gasteiger partial charge in [-0.15, -0.1) is 0 Å². The molecule has 0 aliphatic carbocycles. The summed E-state index contributed by atoms with van der Waals surface area (Å²) in [6, 6.07) is 7.41. The summed E-state index contributed by atoms with van der Waals surface area (Å²) >= 11 is 0. The fraction of sp³-hybridized carbons (Fsp3) is 0.450. The van der Waals surface area contributed by atoms with Crippen molar-refractivity contribution in [2.75, 3.05) is 13.1 Å². The SMILES string of the molecule is CCc1cc(=O)n(CC(=O)N2CCC(C)CC2)c(-c2cccc(F)c2)n1. The van der Waals surface area contributed by atoms with Crippen LogP contribution in [0.4, 0.5) is 4.39 Å². The number of hydrogen-bond donors (Lipinski definition) is 0. The maximum Gasteiger partial charge on any atom is 0.254 e. The molecule has 5 nitrogen and oxygen atoms in total. The highest BCUT2D eigenvalue weighted by atomic mass is 19.1. The number of piperidine rings is 1. The molecular weight excluding hydrogens is 333 g/mol. The Morgan fingerprint density at radius 1 is 1.27 bits per heavy atom. The van der Waals surface area contributed by atoms with Crippen molar-refractivity contribution in [3.63, 3.8) is 0 Å². The van der Waals surface area contributed by atoms with E-state index >= 15 is 0 Å². The van der Waals surface area contributed by atoms with Crippen LogP contribution in [0.25, 0.3) is 11.4 Å². The minimum atomic E-state index is -0.401. The summed E-state index contributed by atoms with van der Waals surface area (Å²) in [5, 5.41) is 0. The van der Waals surface area contributed by atoms with Gasteiger partial charge in [0.25, 0.3) is 5.56 Å². The molecule has 0 unspecified atom stereocenters. The van der Waals surface area contributed by atoms with Crippen LogP contribution in [0.5, 0.6) is 0 Å². The predicted octanol–water partition coefficient (Wildman–Crippen LogP) is 2.87. The minimum absolute atomic E-state index is 0.0734. The van der Waals surface area contributed by atoms with Crippen molar-refractivity contribution in [3.8, 4) is 11.4 Å². The van der Waals surface area contributed by atoms with Crippen molar-refractivity contribution in [3.05, 3.63) is 52.2 Å². The molecule has 0 bridgehead atoms. The highest BCUT2D eigenvalue weighted by Gasteiger charge is 2.22. The van der Waals surface area contributed by atoms with Crippen LogP contribution in [0.3, 0.4) is 0 Å². The van der Waals surface area contributed by atoms with Crippen molar-refractivity contribution in [1.82, 2.24) is 14.5 Å². The molecule has 1 aliphatic rings. The molecule has 1 fully saturated rings. The van der Waals surface area contributed by atoms with Gasteiger partial charge in [0, 0.05) is 30.4 Å². The van der Waals surface area contributed by atoms with Gasteiger partial charge in [0.1, 0.15) is 18.2 Å². The molecule has 26 heavy (non-hydrogen) atoms. The predicted molar refractivity (Wildman–Crippen MR) is 98.2 cm³/mol. The second-order valence-electron chi connectivity index (χ2n) is 6.92. The number of nitrogens with zero attached hydrogens (tertiary/aromatic N) is 3. The second kappa shape index (κ2) is 7.81. The topological polar surface area (TPSA) is 55.2 Å². The van der Waals surface area contributed by atoms with Gasteiger partial charge in [0.15, 0.2) is 0 Å². The Kier molecular flexibility index (Phi) is 5.49. The zero-order valence-electron chi connectivity index (χ0n) is 15.2. The molecule has 3 rings (SSSR count). The third-order valence-electron chi connectivity index (χ3n) is 4.94. The van der Waals surface area contributed by atoms with Gasteiger partial charge < -0.3 is 4.90 Å². The normalized spacial score (nSPS) is 15.3. The quantitative estimate of drug-likeness (QED) is 0.845. The van der Waals surface area contributed by atoms with E-state index in [0.717, 1.165) is 12.8 Å². The van der Waals surface area contributed by atoms with Gasteiger partial charge in [-0.25, -0.2) is 9.37 Å². The number of aryl methyl sites for hydroxylation is 1. The van der Waals surface area contributed by atoms with Crippen LogP contribution in [0.15, 0.2) is 35.1 Å². The van der Waals surface area contributed by atoms with Gasteiger partial charge in [0.05, 0.1) is 0 Å². The number of likely N-dealkylation sites (tertiary alicyclic amines) is 1. The molecule has 1 saturated heterocycles. The zero-order valence-corrected chi connectivity index (χ0v) is 15.2. The highest BCUT2D eigenvalue weighted by molar-refractivity contribution is 5.76. The molecule has 0 spiro atoms. The fourth-order valence-corrected chi connectivity index (χ4v) is 3.23. The summed E-state index contributed by atoms with van der Waals surface area (Å²) in [5.74, 6) is 0.465. The lowest BCUT2D eigenvalue weighted by Crippen LogP contribution is -2.41. The van der Waals surface area contributed by atoms with Crippen LogP contribution in [0.2, 0.25) is 0 Å². The second-order valence-corrected chi connectivity index (χ2v) is 6.92. The zero-order chi connectivity index (χ0) is 18.7. The minimum Gasteiger partial charge on any atom is -0.341 e. The van der Waals surface area contributed by atoms with Crippen LogP contribution in [0.1, 0.15) is 32.4 Å². The van der Waals surface area contributed by atoms with Crippen LogP contribution in [-0.2, 0) is 17.8 Å². The van der Waals surface area contributed by atoms with E-state index < -0.39 is 5.82 Å². The van der Waals surface area contributed by atoms with E-state index in [2.05, 4.69) is 11.9 Å². The molecule has 0 atom stereocenters. The van der Waals surface area contributed by atoms with Crippen LogP contribution >= 0.6 is 0 Å². The van der Waals surface area contributed by atoms with Crippen molar-refractivity contribution < 1.29 is 9.18 Å². The summed E-state index contributed by atoms with van der Waals surface area (Å²) in [4.78, 5) is 31.6. The molecule has 0 radical (unpaired) electrons. The summed E-state index contributed by atoms with van der Waals surface area (Å²) in [6.07, 6.45) is 2.55. The van der Waals surface area contributed by atoms with Crippen LogP contribution in [-0.4, -0.2) is 33.4 Å². The van der Waals surface area contributed by atoms with Gasteiger partial charge in [-0.05, 0) is 37.3 Å². The Hall–Kier alpha value is -2.50. The molecule has 0 N–H and O–H groups in total. The first-order valence-electron chi connectivity index (χ1n) is 9.12. The summed E-state index contributed by atoms with van der Waals surface area (Å²) < 4.78 is 15.0. The first-order chi connectivity index (χ1) is 12.5. The van der Waals surface area contributed by atoms with Gasteiger partial charge >= 0.3 is 0 Å². The number of carbonyl (C=O) groups excluding carboxylic acids is 1. The van der Waals surface area contributed by atoms with Crippen molar-refractivity contribution >= 4 is 5.91 Å². The maximum absolute atomic E-state index is 13.7. The van der Waals surface area contributed by atoms with Gasteiger partial charge in [-0.3, -0.25) is 14.2 Å². The number of aromatic nitrogens is 2. The van der Waals surface area contributed by atoms with Crippen molar-refractivity contribution in [2.45, 2.75) is 39.7 Å². The van der Waals surface area contributed by atoms with Gasteiger partial charge in [-0.1, -0.05) is 26.0 Å². The average Bonchev–Trinajstić information content (AvgIpc) is 2.63. The molecule has 6 heteroatoms. The molecule has 2 aromatic rings. The van der Waals surface area contributed by atoms with Crippen molar-refractivity contribution in [1.29, 1.82) is 0 Å². The smallest absolute Gasteiger partial charge is 0.254 e. The van der Waals surface area contributed by atoms with E-state index in [9.17, 15) is 14.0 Å². The van der Waals surface area contributed by atoms with E-state index in [4.69, 9.17) is 0 Å². The number of halogens is 1. The van der Waals surface area contributed by atoms with Gasteiger partial charge in [0.2, 0.25) is 5.91 Å². The van der Waals surface area contributed by atoms with E-state index in [1.165, 1.54) is 22.8 Å². The molecule has 1 aliphatic heterocycles.